The number of ether oxygens (including phenoxy) is 1. The minimum Gasteiger partial charge on any atom is -0.494 e. The van der Waals surface area contributed by atoms with Crippen molar-refractivity contribution in [3.05, 3.63) is 54.4 Å². The van der Waals surface area contributed by atoms with Gasteiger partial charge in [0.25, 0.3) is 0 Å². The summed E-state index contributed by atoms with van der Waals surface area (Å²) in [6.45, 7) is 3.66. The van der Waals surface area contributed by atoms with E-state index in [0.717, 1.165) is 63.2 Å². The highest BCUT2D eigenvalue weighted by Crippen LogP contribution is 2.47. The smallest absolute Gasteiger partial charge is 0.244 e. The van der Waals surface area contributed by atoms with Crippen LogP contribution in [0.3, 0.4) is 0 Å². The van der Waals surface area contributed by atoms with Gasteiger partial charge in [-0.2, -0.15) is 0 Å². The van der Waals surface area contributed by atoms with Gasteiger partial charge in [-0.15, -0.1) is 0 Å². The molecule has 2 atom stereocenters. The van der Waals surface area contributed by atoms with Crippen molar-refractivity contribution in [2.75, 3.05) is 26.2 Å². The van der Waals surface area contributed by atoms with Gasteiger partial charge in [-0.3, -0.25) is 4.98 Å². The van der Waals surface area contributed by atoms with Gasteiger partial charge in [0.05, 0.1) is 12.3 Å². The van der Waals surface area contributed by atoms with Crippen molar-refractivity contribution >= 4 is 24.6 Å². The maximum absolute atomic E-state index is 12.0. The van der Waals surface area contributed by atoms with Crippen LogP contribution in [0.15, 0.2) is 48.7 Å². The van der Waals surface area contributed by atoms with Crippen molar-refractivity contribution in [2.45, 2.75) is 50.5 Å². The van der Waals surface area contributed by atoms with Crippen LogP contribution in [0.25, 0.3) is 0 Å². The number of rotatable bonds is 9. The molecule has 1 saturated carbocycles. The highest BCUT2D eigenvalue weighted by molar-refractivity contribution is 8.30. The Morgan fingerprint density at radius 3 is 2.38 bits per heavy atom. The lowest BCUT2D eigenvalue weighted by atomic mass is 9.70. The summed E-state index contributed by atoms with van der Waals surface area (Å²) in [7, 11) is -1.71. The Bertz CT molecular complexity index is 869. The van der Waals surface area contributed by atoms with Gasteiger partial charge >= 0.3 is 0 Å². The minimum absolute atomic E-state index is 0.266. The molecule has 172 valence electrons. The Balaban J connectivity index is 1.26. The molecule has 0 amide bonds. The molecule has 1 N–H and O–H groups in total. The van der Waals surface area contributed by atoms with Crippen LogP contribution in [0.5, 0.6) is 5.75 Å². The highest BCUT2D eigenvalue weighted by atomic mass is 32.7. The van der Waals surface area contributed by atoms with Crippen molar-refractivity contribution in [1.29, 1.82) is 0 Å². The average Bonchev–Trinajstić information content (AvgIpc) is 3.38. The van der Waals surface area contributed by atoms with Gasteiger partial charge in [-0.1, -0.05) is 23.5 Å². The fourth-order valence-corrected chi connectivity index (χ4v) is 6.21. The number of benzene rings is 1. The minimum atomic E-state index is -1.71. The molecule has 2 heterocycles. The molecule has 1 saturated heterocycles. The zero-order valence-corrected chi connectivity index (χ0v) is 20.3. The standard InChI is InChI=1S/C25H33N2O3PS/c28-25(20-6-1-2-7-20,24-8-3-4-15-26-24)21-13-17-27(18-14-21)16-5-19-30-22-9-11-23(12-10-22)31(29)32/h3-4,8-12,15,20-21,28H,1-2,5-7,13-14,16-19H2. The topological polar surface area (TPSA) is 62.7 Å². The lowest BCUT2D eigenvalue weighted by Gasteiger charge is -2.44. The van der Waals surface area contributed by atoms with E-state index < -0.39 is 12.6 Å². The second-order valence-electron chi connectivity index (χ2n) is 9.09. The summed E-state index contributed by atoms with van der Waals surface area (Å²) in [5.74, 6) is 1.38. The zero-order chi connectivity index (χ0) is 22.4. The monoisotopic (exact) mass is 472 g/mol. The number of nitrogens with zero attached hydrogens (tertiary/aromatic N) is 2. The quantitative estimate of drug-likeness (QED) is 0.328. The van der Waals surface area contributed by atoms with E-state index in [0.29, 0.717) is 17.8 Å². The van der Waals surface area contributed by atoms with Gasteiger partial charge in [0.15, 0.2) is 5.30 Å². The summed E-state index contributed by atoms with van der Waals surface area (Å²) in [6.07, 6.45) is 9.42. The summed E-state index contributed by atoms with van der Waals surface area (Å²) in [5.41, 5.74) is 0.0690. The lowest BCUT2D eigenvalue weighted by Crippen LogP contribution is -2.47. The fourth-order valence-electron chi connectivity index (χ4n) is 5.46. The lowest BCUT2D eigenvalue weighted by molar-refractivity contribution is -0.0965. The van der Waals surface area contributed by atoms with Crippen LogP contribution in [0.2, 0.25) is 0 Å². The van der Waals surface area contributed by atoms with Crippen LogP contribution in [0.1, 0.15) is 50.6 Å². The second kappa shape index (κ2) is 11.1. The first-order valence-corrected chi connectivity index (χ1v) is 14.1. The van der Waals surface area contributed by atoms with Crippen molar-refractivity contribution in [3.8, 4) is 5.75 Å². The van der Waals surface area contributed by atoms with Gasteiger partial charge in [0.2, 0.25) is 7.00 Å². The molecular weight excluding hydrogens is 439 g/mol. The summed E-state index contributed by atoms with van der Waals surface area (Å²) in [5, 5.41) is 12.6. The summed E-state index contributed by atoms with van der Waals surface area (Å²) in [4.78, 5) is 7.08. The number of piperidine rings is 1. The maximum Gasteiger partial charge on any atom is 0.244 e. The SMILES string of the molecule is O=[P+]([S-])c1ccc(OCCCN2CCC(C(O)(c3ccccn3)C3CCCC3)CC2)cc1. The highest BCUT2D eigenvalue weighted by Gasteiger charge is 2.47. The molecule has 1 aliphatic heterocycles. The van der Waals surface area contributed by atoms with E-state index in [2.05, 4.69) is 9.88 Å². The molecule has 0 bridgehead atoms. The van der Waals surface area contributed by atoms with Crippen LogP contribution in [-0.4, -0.2) is 41.2 Å². The van der Waals surface area contributed by atoms with Crippen molar-refractivity contribution in [3.63, 3.8) is 0 Å². The first kappa shape index (κ1) is 23.7. The van der Waals surface area contributed by atoms with Gasteiger partial charge in [0.1, 0.15) is 11.4 Å². The predicted molar refractivity (Wildman–Crippen MR) is 130 cm³/mol. The molecule has 0 radical (unpaired) electrons. The summed E-state index contributed by atoms with van der Waals surface area (Å²) >= 11 is 4.80. The van der Waals surface area contributed by atoms with Crippen molar-refractivity contribution < 1.29 is 14.4 Å². The number of hydrogen-bond acceptors (Lipinski definition) is 6. The van der Waals surface area contributed by atoms with Gasteiger partial charge in [0, 0.05) is 12.7 Å². The number of hydrogen-bond donors (Lipinski definition) is 1. The number of aliphatic hydroxyl groups is 1. The number of pyridine rings is 1. The average molecular weight is 473 g/mol. The molecule has 4 rings (SSSR count). The van der Waals surface area contributed by atoms with E-state index in [1.54, 1.807) is 12.1 Å². The molecule has 7 heteroatoms. The zero-order valence-electron chi connectivity index (χ0n) is 18.6. The Kier molecular flexibility index (Phi) is 8.22. The Morgan fingerprint density at radius 1 is 1.06 bits per heavy atom. The van der Waals surface area contributed by atoms with Crippen LogP contribution < -0.4 is 10.0 Å². The Hall–Kier alpha value is -1.46. The number of likely N-dealkylation sites (tertiary alicyclic amines) is 1. The maximum atomic E-state index is 12.0. The van der Waals surface area contributed by atoms with Crippen LogP contribution in [0, 0.1) is 11.8 Å². The predicted octanol–water partition coefficient (Wildman–Crippen LogP) is 4.56. The van der Waals surface area contributed by atoms with E-state index in [1.165, 1.54) is 12.8 Å². The van der Waals surface area contributed by atoms with E-state index in [-0.39, 0.29) is 5.92 Å². The molecular formula is C25H33N2O3PS. The molecule has 1 aliphatic carbocycles. The largest absolute Gasteiger partial charge is 0.494 e. The van der Waals surface area contributed by atoms with Gasteiger partial charge < -0.3 is 27.0 Å². The molecule has 0 spiro atoms. The van der Waals surface area contributed by atoms with E-state index >= 15 is 0 Å². The van der Waals surface area contributed by atoms with Crippen LogP contribution in [0.4, 0.5) is 0 Å². The Labute approximate surface area is 197 Å². The molecule has 1 aromatic heterocycles. The molecule has 2 unspecified atom stereocenters. The third-order valence-corrected chi connectivity index (χ3v) is 8.55. The third kappa shape index (κ3) is 5.53. The van der Waals surface area contributed by atoms with E-state index in [1.807, 2.05) is 36.5 Å². The first-order valence-electron chi connectivity index (χ1n) is 11.8. The first-order chi connectivity index (χ1) is 15.6. The summed E-state index contributed by atoms with van der Waals surface area (Å²) < 4.78 is 17.2. The Morgan fingerprint density at radius 2 is 1.75 bits per heavy atom. The summed E-state index contributed by atoms with van der Waals surface area (Å²) in [6, 6.07) is 13.2. The second-order valence-corrected chi connectivity index (χ2v) is 11.1. The molecule has 1 aromatic carbocycles. The fraction of sp³-hybridized carbons (Fsp3) is 0.560. The molecule has 2 aliphatic rings. The third-order valence-electron chi connectivity index (χ3n) is 7.20. The van der Waals surface area contributed by atoms with Gasteiger partial charge in [-0.05, 0) is 93.4 Å². The van der Waals surface area contributed by atoms with E-state index in [9.17, 15) is 9.67 Å². The van der Waals surface area contributed by atoms with Gasteiger partial charge in [-0.25, -0.2) is 0 Å². The molecule has 5 nitrogen and oxygen atoms in total. The molecule has 32 heavy (non-hydrogen) atoms. The normalized spacial score (nSPS) is 20.8. The van der Waals surface area contributed by atoms with Crippen molar-refractivity contribution in [1.82, 2.24) is 9.88 Å². The van der Waals surface area contributed by atoms with Crippen molar-refractivity contribution in [2.24, 2.45) is 11.8 Å². The van der Waals surface area contributed by atoms with E-state index in [4.69, 9.17) is 17.0 Å². The van der Waals surface area contributed by atoms with Crippen LogP contribution >= 0.6 is 7.00 Å². The molecule has 2 aromatic rings. The number of aromatic nitrogens is 1. The van der Waals surface area contributed by atoms with Crippen LogP contribution in [-0.2, 0) is 22.4 Å². The molecule has 2 fully saturated rings.